The lowest BCUT2D eigenvalue weighted by Crippen LogP contribution is -2.68. The van der Waals surface area contributed by atoms with Gasteiger partial charge in [0.15, 0.2) is 10.9 Å². The van der Waals surface area contributed by atoms with Crippen molar-refractivity contribution in [2.75, 3.05) is 25.4 Å². The van der Waals surface area contributed by atoms with E-state index in [9.17, 15) is 52.4 Å². The molecule has 3 unspecified atom stereocenters. The van der Waals surface area contributed by atoms with Gasteiger partial charge in [-0.25, -0.2) is 14.1 Å². The molecule has 5 heterocycles. The maximum absolute atomic E-state index is 13.0. The van der Waals surface area contributed by atoms with E-state index in [-0.39, 0.29) is 51.1 Å². The fraction of sp³-hybridized carbons (Fsp3) is 0.385. The smallest absolute Gasteiger partial charge is 0.362 e. The number of amides is 3. The third-order valence-electron chi connectivity index (χ3n) is 7.73. The molecule has 2 fully saturated rings. The summed E-state index contributed by atoms with van der Waals surface area (Å²) in [6.07, 6.45) is 1.06. The summed E-state index contributed by atoms with van der Waals surface area (Å²) in [5.74, 6) is -7.16. The number of nitrogens with one attached hydrogen (secondary N) is 1. The van der Waals surface area contributed by atoms with Crippen molar-refractivity contribution in [3.05, 3.63) is 56.8 Å². The van der Waals surface area contributed by atoms with E-state index >= 15 is 0 Å². The first-order valence-electron chi connectivity index (χ1n) is 14.1. The van der Waals surface area contributed by atoms with Crippen molar-refractivity contribution in [2.45, 2.75) is 37.8 Å². The van der Waals surface area contributed by atoms with Gasteiger partial charge in [-0.1, -0.05) is 10.3 Å². The van der Waals surface area contributed by atoms with Crippen LogP contribution in [0.4, 0.5) is 5.13 Å². The number of nitrogens with zero attached hydrogens (tertiary/aromatic N) is 6. The molecule has 49 heavy (non-hydrogen) atoms. The van der Waals surface area contributed by atoms with Gasteiger partial charge in [-0.3, -0.25) is 23.7 Å². The van der Waals surface area contributed by atoms with E-state index in [1.54, 1.807) is 0 Å². The summed E-state index contributed by atoms with van der Waals surface area (Å²) in [6, 6.07) is 0.593. The number of β-lactam (4-membered cyclic amide) rings is 1. The van der Waals surface area contributed by atoms with E-state index in [1.807, 2.05) is 0 Å². The summed E-state index contributed by atoms with van der Waals surface area (Å²) >= 11 is 0.940. The molecule has 0 aliphatic carbocycles. The van der Waals surface area contributed by atoms with Crippen molar-refractivity contribution in [1.82, 2.24) is 29.4 Å². The van der Waals surface area contributed by atoms with Crippen molar-refractivity contribution >= 4 is 56.2 Å². The number of carbonyl (C=O) groups excluding carboxylic acids is 3. The highest BCUT2D eigenvalue weighted by molar-refractivity contribution is 7.84. The number of carbonyl (C=O) groups is 4. The maximum Gasteiger partial charge on any atom is 0.362 e. The topological polar surface area (TPSA) is 310 Å². The number of hydrogen-bond acceptors (Lipinski definition) is 16. The number of likely N-dealkylation sites (tertiary alicyclic amines) is 1. The Labute approximate surface area is 279 Å². The van der Waals surface area contributed by atoms with Gasteiger partial charge in [0.1, 0.15) is 23.0 Å². The number of aromatic nitrogens is 3. The molecule has 0 radical (unpaired) electrons. The summed E-state index contributed by atoms with van der Waals surface area (Å²) in [5, 5.41) is 40.3. The SMILES string of the molecule is CC(C)(O/N=C(/c1csc(N)n1)C1C(=O)N(S(=O)(=O)O)C1CNC(=O)c1cc(C2CCN(C(=O)c3cc(=O)c(O)cn3O)C2)no1)C(=O)O. The molecule has 21 nitrogen and oxygen atoms in total. The zero-order valence-electron chi connectivity index (χ0n) is 25.4. The van der Waals surface area contributed by atoms with Crippen LogP contribution in [0.3, 0.4) is 0 Å². The summed E-state index contributed by atoms with van der Waals surface area (Å²) < 4.78 is 39.6. The van der Waals surface area contributed by atoms with Gasteiger partial charge in [0.05, 0.1) is 17.9 Å². The summed E-state index contributed by atoms with van der Waals surface area (Å²) in [5.41, 5.74) is 2.52. The summed E-state index contributed by atoms with van der Waals surface area (Å²) in [6.45, 7) is 2.02. The first-order chi connectivity index (χ1) is 22.9. The van der Waals surface area contributed by atoms with Crippen LogP contribution in [0.2, 0.25) is 0 Å². The number of oxime groups is 1. The lowest BCUT2D eigenvalue weighted by atomic mass is 9.84. The number of thiazole rings is 1. The average Bonchev–Trinajstić information content (AvgIpc) is 3.79. The highest BCUT2D eigenvalue weighted by Crippen LogP contribution is 2.34. The first kappa shape index (κ1) is 34.8. The first-order valence-corrected chi connectivity index (χ1v) is 16.4. The number of rotatable bonds is 11. The molecule has 0 spiro atoms. The van der Waals surface area contributed by atoms with Crippen LogP contribution in [0.1, 0.15) is 58.6 Å². The Morgan fingerprint density at radius 1 is 1.27 bits per heavy atom. The van der Waals surface area contributed by atoms with Crippen molar-refractivity contribution in [2.24, 2.45) is 11.1 Å². The van der Waals surface area contributed by atoms with Gasteiger partial charge in [0.25, 0.3) is 11.8 Å². The molecule has 262 valence electrons. The van der Waals surface area contributed by atoms with Gasteiger partial charge in [-0.15, -0.1) is 11.3 Å². The van der Waals surface area contributed by atoms with Gasteiger partial charge < -0.3 is 40.7 Å². The Balaban J connectivity index is 1.31. The van der Waals surface area contributed by atoms with Gasteiger partial charge in [0, 0.05) is 43.1 Å². The molecule has 3 atom stereocenters. The third-order valence-corrected chi connectivity index (χ3v) is 9.35. The van der Waals surface area contributed by atoms with Crippen molar-refractivity contribution in [3.63, 3.8) is 0 Å². The van der Waals surface area contributed by atoms with Gasteiger partial charge in [-0.2, -0.15) is 13.1 Å². The standard InChI is InChI=1S/C26H28N8O13S2/c1-26(2,24(40)41)47-31-20(13-10-48-25(27)29-13)19-15(34(23(19)39)49(43,44)45)7-28-21(37)18-5-12(30-46-18)11-3-4-32(8-11)22(38)14-6-16(35)17(36)9-33(14)42/h5-6,9-11,15,19,36,42H,3-4,7-8H2,1-2H3,(H2,27,29)(H,28,37)(H,40,41)(H,43,44,45)/b31-20-. The molecule has 3 amide bonds. The van der Waals surface area contributed by atoms with Crippen LogP contribution >= 0.6 is 11.3 Å². The largest absolute Gasteiger partial charge is 0.503 e. The number of pyridine rings is 1. The van der Waals surface area contributed by atoms with Gasteiger partial charge in [-0.05, 0) is 20.3 Å². The van der Waals surface area contributed by atoms with Crippen LogP contribution in [0, 0.1) is 5.92 Å². The molecular formula is C26H28N8O13S2. The molecule has 3 aromatic heterocycles. The minimum atomic E-state index is -5.14. The number of anilines is 1. The van der Waals surface area contributed by atoms with E-state index in [4.69, 9.17) is 15.1 Å². The molecule has 0 saturated carbocycles. The predicted octanol–water partition coefficient (Wildman–Crippen LogP) is -0.909. The molecule has 0 aromatic carbocycles. The van der Waals surface area contributed by atoms with Crippen LogP contribution in [0.15, 0.2) is 38.2 Å². The van der Waals surface area contributed by atoms with Crippen molar-refractivity contribution in [3.8, 4) is 5.75 Å². The second-order valence-electron chi connectivity index (χ2n) is 11.4. The number of aromatic hydroxyl groups is 1. The van der Waals surface area contributed by atoms with Crippen LogP contribution in [0.5, 0.6) is 5.75 Å². The second kappa shape index (κ2) is 12.8. The van der Waals surface area contributed by atoms with Crippen molar-refractivity contribution < 1.29 is 56.9 Å². The molecule has 5 rings (SSSR count). The normalized spacial score (nSPS) is 19.9. The molecule has 23 heteroatoms. The number of aliphatic carboxylic acids is 1. The van der Waals surface area contributed by atoms with E-state index in [0.717, 1.165) is 17.4 Å². The number of nitrogen functional groups attached to an aromatic ring is 1. The Hall–Kier alpha value is -5.55. The Bertz CT molecular complexity index is 2040. The summed E-state index contributed by atoms with van der Waals surface area (Å²) in [7, 11) is -5.14. The van der Waals surface area contributed by atoms with E-state index in [1.165, 1.54) is 30.2 Å². The molecule has 7 N–H and O–H groups in total. The average molecular weight is 725 g/mol. The molecule has 2 aliphatic heterocycles. The van der Waals surface area contributed by atoms with Crippen molar-refractivity contribution in [1.29, 1.82) is 0 Å². The second-order valence-corrected chi connectivity index (χ2v) is 13.6. The summed E-state index contributed by atoms with van der Waals surface area (Å²) in [4.78, 5) is 72.8. The monoisotopic (exact) mass is 724 g/mol. The molecule has 3 aromatic rings. The third kappa shape index (κ3) is 6.88. The number of nitrogens with two attached hydrogens (primary N) is 1. The van der Waals surface area contributed by atoms with Gasteiger partial charge in [0.2, 0.25) is 22.7 Å². The molecular weight excluding hydrogens is 696 g/mol. The van der Waals surface area contributed by atoms with E-state index in [0.29, 0.717) is 17.3 Å². The number of hydrogen-bond donors (Lipinski definition) is 6. The predicted molar refractivity (Wildman–Crippen MR) is 163 cm³/mol. The van der Waals surface area contributed by atoms with Gasteiger partial charge >= 0.3 is 16.3 Å². The highest BCUT2D eigenvalue weighted by atomic mass is 32.2. The zero-order chi connectivity index (χ0) is 36.0. The Morgan fingerprint density at radius 3 is 2.61 bits per heavy atom. The molecule has 0 bridgehead atoms. The molecule has 2 saturated heterocycles. The minimum absolute atomic E-state index is 0.0355. The quantitative estimate of drug-likeness (QED) is 0.0458. The molecule has 2 aliphatic rings. The lowest BCUT2D eigenvalue weighted by Gasteiger charge is -2.44. The van der Waals surface area contributed by atoms with Crippen LogP contribution in [0.25, 0.3) is 0 Å². The van der Waals surface area contributed by atoms with E-state index < -0.39 is 75.2 Å². The van der Waals surface area contributed by atoms with Crippen LogP contribution < -0.4 is 16.5 Å². The number of carboxylic acid groups (broad SMARTS) is 1. The van der Waals surface area contributed by atoms with Crippen LogP contribution in [-0.2, 0) is 24.7 Å². The van der Waals surface area contributed by atoms with E-state index in [2.05, 4.69) is 20.6 Å². The maximum atomic E-state index is 13.0. The zero-order valence-corrected chi connectivity index (χ0v) is 27.0. The van der Waals surface area contributed by atoms with Crippen LogP contribution in [-0.4, -0.2) is 113 Å². The minimum Gasteiger partial charge on any atom is -0.503 e. The number of carboxylic acids is 1. The Kier molecular flexibility index (Phi) is 9.09. The fourth-order valence-corrected chi connectivity index (χ4v) is 6.50. The highest BCUT2D eigenvalue weighted by Gasteiger charge is 2.56. The lowest BCUT2D eigenvalue weighted by molar-refractivity contribution is -0.161. The Morgan fingerprint density at radius 2 is 1.98 bits per heavy atom. The fourth-order valence-electron chi connectivity index (χ4n) is 5.07.